The average Bonchev–Trinajstić information content (AvgIpc) is 3.27. The second-order valence-corrected chi connectivity index (χ2v) is 6.67. The predicted molar refractivity (Wildman–Crippen MR) is 105 cm³/mol. The van der Waals surface area contributed by atoms with E-state index in [1.54, 1.807) is 34.1 Å². The van der Waals surface area contributed by atoms with E-state index < -0.39 is 0 Å². The van der Waals surface area contributed by atoms with Crippen molar-refractivity contribution in [1.82, 2.24) is 20.1 Å². The number of nitrogens with one attached hydrogen (secondary N) is 1. The van der Waals surface area contributed by atoms with Crippen molar-refractivity contribution in [1.29, 1.82) is 0 Å². The minimum atomic E-state index is -0.174. The van der Waals surface area contributed by atoms with Gasteiger partial charge in [0.2, 0.25) is 5.91 Å². The first-order chi connectivity index (χ1) is 13.7. The molecule has 0 unspecified atom stereocenters. The first-order valence-electron chi connectivity index (χ1n) is 9.35. The maximum atomic E-state index is 12.5. The van der Waals surface area contributed by atoms with Crippen LogP contribution in [0.1, 0.15) is 35.2 Å². The van der Waals surface area contributed by atoms with E-state index in [0.29, 0.717) is 24.3 Å². The molecular formula is C21H21N5O2. The summed E-state index contributed by atoms with van der Waals surface area (Å²) in [5.74, 6) is 0.657. The number of rotatable bonds is 5. The second-order valence-electron chi connectivity index (χ2n) is 6.67. The smallest absolute Gasteiger partial charge is 0.251 e. The summed E-state index contributed by atoms with van der Waals surface area (Å²) in [5, 5.41) is 7.13. The summed E-state index contributed by atoms with van der Waals surface area (Å²) in [7, 11) is 0. The van der Waals surface area contributed by atoms with Crippen molar-refractivity contribution in [2.75, 3.05) is 11.4 Å². The van der Waals surface area contributed by atoms with Crippen molar-refractivity contribution in [3.8, 4) is 5.82 Å². The Hall–Kier alpha value is -3.48. The molecule has 1 aromatic carbocycles. The fraction of sp³-hybridized carbons (Fsp3) is 0.238. The number of carbonyl (C=O) groups is 2. The molecule has 0 aliphatic carbocycles. The van der Waals surface area contributed by atoms with Gasteiger partial charge in [-0.1, -0.05) is 6.07 Å². The summed E-state index contributed by atoms with van der Waals surface area (Å²) in [4.78, 5) is 30.7. The maximum Gasteiger partial charge on any atom is 0.251 e. The molecule has 4 rings (SSSR count). The first kappa shape index (κ1) is 17.9. The van der Waals surface area contributed by atoms with Gasteiger partial charge in [-0.2, -0.15) is 5.10 Å². The molecule has 2 amide bonds. The molecule has 0 spiro atoms. The highest BCUT2D eigenvalue weighted by atomic mass is 16.2. The Labute approximate surface area is 163 Å². The normalized spacial score (nSPS) is 14.1. The van der Waals surface area contributed by atoms with Gasteiger partial charge in [0.25, 0.3) is 5.91 Å². The molecule has 28 heavy (non-hydrogen) atoms. The summed E-state index contributed by atoms with van der Waals surface area (Å²) < 4.78 is 1.67. The molecular weight excluding hydrogens is 354 g/mol. The maximum absolute atomic E-state index is 12.5. The zero-order valence-corrected chi connectivity index (χ0v) is 15.4. The third-order valence-corrected chi connectivity index (χ3v) is 4.79. The van der Waals surface area contributed by atoms with Crippen LogP contribution in [0, 0.1) is 0 Å². The Kier molecular flexibility index (Phi) is 5.14. The molecule has 1 aliphatic heterocycles. The van der Waals surface area contributed by atoms with E-state index in [1.165, 1.54) is 0 Å². The van der Waals surface area contributed by atoms with E-state index in [0.717, 1.165) is 30.6 Å². The molecule has 2 aromatic heterocycles. The molecule has 142 valence electrons. The lowest BCUT2D eigenvalue weighted by Gasteiger charge is -2.26. The van der Waals surface area contributed by atoms with Gasteiger partial charge in [-0.3, -0.25) is 9.59 Å². The standard InChI is InChI=1S/C21H21N5O2/c27-19-6-1-2-13-25(19)18-9-7-16(8-10-18)21(28)23-15-17-5-3-11-22-20(17)26-14-4-12-24-26/h3-5,7-12,14H,1-2,6,13,15H2,(H,23,28). The molecule has 1 N–H and O–H groups in total. The number of aromatic nitrogens is 3. The van der Waals surface area contributed by atoms with Crippen molar-refractivity contribution >= 4 is 17.5 Å². The highest BCUT2D eigenvalue weighted by molar-refractivity contribution is 5.96. The van der Waals surface area contributed by atoms with Gasteiger partial charge in [0.1, 0.15) is 0 Å². The largest absolute Gasteiger partial charge is 0.348 e. The van der Waals surface area contributed by atoms with Crippen LogP contribution in [0.3, 0.4) is 0 Å². The molecule has 3 heterocycles. The molecule has 0 bridgehead atoms. The molecule has 1 fully saturated rings. The third-order valence-electron chi connectivity index (χ3n) is 4.79. The topological polar surface area (TPSA) is 80.1 Å². The zero-order chi connectivity index (χ0) is 19.3. The van der Waals surface area contributed by atoms with Crippen LogP contribution in [0.25, 0.3) is 5.82 Å². The van der Waals surface area contributed by atoms with Crippen LogP contribution < -0.4 is 10.2 Å². The molecule has 0 atom stereocenters. The van der Waals surface area contributed by atoms with Crippen LogP contribution in [-0.2, 0) is 11.3 Å². The first-order valence-corrected chi connectivity index (χ1v) is 9.35. The number of anilines is 1. The van der Waals surface area contributed by atoms with Crippen molar-refractivity contribution in [2.24, 2.45) is 0 Å². The van der Waals surface area contributed by atoms with Crippen LogP contribution in [0.4, 0.5) is 5.69 Å². The molecule has 0 saturated carbocycles. The molecule has 1 saturated heterocycles. The summed E-state index contributed by atoms with van der Waals surface area (Å²) >= 11 is 0. The van der Waals surface area contributed by atoms with Crippen molar-refractivity contribution < 1.29 is 9.59 Å². The molecule has 1 aliphatic rings. The number of hydrogen-bond donors (Lipinski definition) is 1. The number of piperidine rings is 1. The molecule has 0 radical (unpaired) electrons. The van der Waals surface area contributed by atoms with Gasteiger partial charge < -0.3 is 10.2 Å². The fourth-order valence-corrected chi connectivity index (χ4v) is 3.32. The van der Waals surface area contributed by atoms with Crippen molar-refractivity contribution in [2.45, 2.75) is 25.8 Å². The number of nitrogens with zero attached hydrogens (tertiary/aromatic N) is 4. The monoisotopic (exact) mass is 375 g/mol. The summed E-state index contributed by atoms with van der Waals surface area (Å²) in [6.45, 7) is 1.08. The Morgan fingerprint density at radius 3 is 2.68 bits per heavy atom. The van der Waals surface area contributed by atoms with E-state index in [1.807, 2.05) is 36.5 Å². The minimum absolute atomic E-state index is 0.145. The minimum Gasteiger partial charge on any atom is -0.348 e. The Bertz CT molecular complexity index is 967. The Morgan fingerprint density at radius 2 is 1.93 bits per heavy atom. The number of carbonyl (C=O) groups excluding carboxylic acids is 2. The quantitative estimate of drug-likeness (QED) is 0.744. The van der Waals surface area contributed by atoms with Gasteiger partial charge in [0.05, 0.1) is 0 Å². The third kappa shape index (κ3) is 3.78. The Morgan fingerprint density at radius 1 is 1.07 bits per heavy atom. The van der Waals surface area contributed by atoms with Crippen LogP contribution in [-0.4, -0.2) is 33.1 Å². The number of amides is 2. The van der Waals surface area contributed by atoms with Gasteiger partial charge in [-0.25, -0.2) is 9.67 Å². The van der Waals surface area contributed by atoms with Crippen LogP contribution in [0.15, 0.2) is 61.1 Å². The van der Waals surface area contributed by atoms with E-state index in [4.69, 9.17) is 0 Å². The number of hydrogen-bond acceptors (Lipinski definition) is 4. The summed E-state index contributed by atoms with van der Waals surface area (Å²) in [5.41, 5.74) is 2.27. The number of pyridine rings is 1. The van der Waals surface area contributed by atoms with Gasteiger partial charge >= 0.3 is 0 Å². The van der Waals surface area contributed by atoms with Gasteiger partial charge in [0.15, 0.2) is 5.82 Å². The summed E-state index contributed by atoms with van der Waals surface area (Å²) in [6.07, 6.45) is 7.75. The average molecular weight is 375 g/mol. The van der Waals surface area contributed by atoms with Crippen LogP contribution in [0.2, 0.25) is 0 Å². The zero-order valence-electron chi connectivity index (χ0n) is 15.4. The lowest BCUT2D eigenvalue weighted by molar-refractivity contribution is -0.119. The SMILES string of the molecule is O=C(NCc1cccnc1-n1cccn1)c1ccc(N2CCCCC2=O)cc1. The molecule has 3 aromatic rings. The van der Waals surface area contributed by atoms with Crippen molar-refractivity contribution in [3.63, 3.8) is 0 Å². The molecule has 7 nitrogen and oxygen atoms in total. The van der Waals surface area contributed by atoms with E-state index in [2.05, 4.69) is 15.4 Å². The van der Waals surface area contributed by atoms with Crippen LogP contribution >= 0.6 is 0 Å². The van der Waals surface area contributed by atoms with Gasteiger partial charge in [0, 0.05) is 54.9 Å². The lowest BCUT2D eigenvalue weighted by Crippen LogP contribution is -2.35. The highest BCUT2D eigenvalue weighted by Gasteiger charge is 2.19. The van der Waals surface area contributed by atoms with Gasteiger partial charge in [-0.05, 0) is 49.2 Å². The highest BCUT2D eigenvalue weighted by Crippen LogP contribution is 2.21. The van der Waals surface area contributed by atoms with Crippen LogP contribution in [0.5, 0.6) is 0 Å². The van der Waals surface area contributed by atoms with E-state index in [9.17, 15) is 9.59 Å². The van der Waals surface area contributed by atoms with E-state index in [-0.39, 0.29) is 11.8 Å². The van der Waals surface area contributed by atoms with Gasteiger partial charge in [-0.15, -0.1) is 0 Å². The second kappa shape index (κ2) is 8.04. The Balaban J connectivity index is 1.43. The summed E-state index contributed by atoms with van der Waals surface area (Å²) in [6, 6.07) is 12.7. The fourth-order valence-electron chi connectivity index (χ4n) is 3.32. The van der Waals surface area contributed by atoms with Crippen molar-refractivity contribution in [3.05, 3.63) is 72.2 Å². The lowest BCUT2D eigenvalue weighted by atomic mass is 10.1. The van der Waals surface area contributed by atoms with E-state index >= 15 is 0 Å². The predicted octanol–water partition coefficient (Wildman–Crippen LogP) is 2.71. The molecule has 7 heteroatoms. The number of benzene rings is 1.